The number of aromatic nitrogens is 1. The maximum Gasteiger partial charge on any atom is 0.141 e. The van der Waals surface area contributed by atoms with Crippen LogP contribution in [0.25, 0.3) is 0 Å². The van der Waals surface area contributed by atoms with E-state index in [1.165, 1.54) is 12.3 Å². The van der Waals surface area contributed by atoms with Gasteiger partial charge in [0.05, 0.1) is 19.4 Å². The van der Waals surface area contributed by atoms with Crippen molar-refractivity contribution in [3.8, 4) is 5.75 Å². The molecule has 0 spiro atoms. The lowest BCUT2D eigenvalue weighted by Gasteiger charge is -2.20. The zero-order chi connectivity index (χ0) is 15.5. The highest BCUT2D eigenvalue weighted by atomic mass is 35.5. The number of aliphatic hydroxyl groups excluding tert-OH is 1. The first-order valence-corrected chi connectivity index (χ1v) is 7.36. The zero-order valence-corrected chi connectivity index (χ0v) is 13.6. The van der Waals surface area contributed by atoms with Crippen molar-refractivity contribution in [2.45, 2.75) is 31.0 Å². The number of nitrogens with zero attached hydrogens (tertiary/aromatic N) is 1. The van der Waals surface area contributed by atoms with E-state index in [9.17, 15) is 9.50 Å². The van der Waals surface area contributed by atoms with Gasteiger partial charge in [-0.1, -0.05) is 12.1 Å². The van der Waals surface area contributed by atoms with E-state index < -0.39 is 11.9 Å². The Labute approximate surface area is 141 Å². The summed E-state index contributed by atoms with van der Waals surface area (Å²) in [5, 5.41) is 13.8. The molecule has 2 N–H and O–H groups in total. The number of nitrogens with one attached hydrogen (secondary N) is 1. The fourth-order valence-corrected chi connectivity index (χ4v) is 2.94. The molecule has 0 radical (unpaired) electrons. The molecular weight excluding hydrogens is 319 g/mol. The minimum Gasteiger partial charge on any atom is -0.497 e. The van der Waals surface area contributed by atoms with E-state index in [1.807, 2.05) is 24.3 Å². The molecule has 124 valence electrons. The third-order valence-corrected chi connectivity index (χ3v) is 4.15. The Morgan fingerprint density at radius 1 is 1.26 bits per heavy atom. The van der Waals surface area contributed by atoms with E-state index in [0.717, 1.165) is 30.4 Å². The minimum absolute atomic E-state index is 0. The van der Waals surface area contributed by atoms with E-state index >= 15 is 0 Å². The summed E-state index contributed by atoms with van der Waals surface area (Å²) in [5.74, 6) is 0.394. The lowest BCUT2D eigenvalue weighted by molar-refractivity contribution is 0.134. The fraction of sp³-hybridized carbons (Fsp3) is 0.353. The molecule has 1 aliphatic heterocycles. The van der Waals surface area contributed by atoms with E-state index in [0.29, 0.717) is 5.56 Å². The molecule has 0 amide bonds. The average molecular weight is 339 g/mol. The molecule has 1 aromatic heterocycles. The Balaban J connectivity index is 0.00000192. The SMILES string of the molecule is COc1ccc([C@H]2CC[C@H]([C@H](O)c3cncc(F)c3)N2)cc1.Cl. The topological polar surface area (TPSA) is 54.4 Å². The highest BCUT2D eigenvalue weighted by Crippen LogP contribution is 2.32. The second kappa shape index (κ2) is 7.73. The van der Waals surface area contributed by atoms with Crippen LogP contribution in [0.15, 0.2) is 42.7 Å². The zero-order valence-electron chi connectivity index (χ0n) is 12.8. The standard InChI is InChI=1S/C17H19FN2O2.ClH/c1-22-14-4-2-11(3-5-14)15-6-7-16(20-15)17(21)12-8-13(18)10-19-9-12;/h2-5,8-10,15-17,20-21H,6-7H2,1H3;1H/t15-,16-,17-;/m1./s1. The van der Waals surface area contributed by atoms with Gasteiger partial charge in [-0.05, 0) is 36.6 Å². The van der Waals surface area contributed by atoms with Gasteiger partial charge in [-0.3, -0.25) is 4.98 Å². The summed E-state index contributed by atoms with van der Waals surface area (Å²) in [6.45, 7) is 0. The van der Waals surface area contributed by atoms with Crippen molar-refractivity contribution in [3.05, 3.63) is 59.7 Å². The van der Waals surface area contributed by atoms with Crippen LogP contribution in [0.2, 0.25) is 0 Å². The van der Waals surface area contributed by atoms with Gasteiger partial charge in [-0.2, -0.15) is 0 Å². The molecule has 1 aromatic carbocycles. The molecule has 0 aliphatic carbocycles. The lowest BCUT2D eigenvalue weighted by Crippen LogP contribution is -2.30. The Kier molecular flexibility index (Phi) is 5.93. The first-order chi connectivity index (χ1) is 10.7. The molecule has 6 heteroatoms. The fourth-order valence-electron chi connectivity index (χ4n) is 2.94. The quantitative estimate of drug-likeness (QED) is 0.899. The van der Waals surface area contributed by atoms with Crippen molar-refractivity contribution in [3.63, 3.8) is 0 Å². The number of pyridine rings is 1. The number of hydrogen-bond acceptors (Lipinski definition) is 4. The summed E-state index contributed by atoms with van der Waals surface area (Å²) in [4.78, 5) is 3.80. The van der Waals surface area contributed by atoms with Gasteiger partial charge >= 0.3 is 0 Å². The van der Waals surface area contributed by atoms with E-state index in [1.54, 1.807) is 7.11 Å². The number of benzene rings is 1. The van der Waals surface area contributed by atoms with Gasteiger partial charge in [0.25, 0.3) is 0 Å². The van der Waals surface area contributed by atoms with Crippen LogP contribution in [0.3, 0.4) is 0 Å². The summed E-state index contributed by atoms with van der Waals surface area (Å²) in [7, 11) is 1.64. The predicted molar refractivity (Wildman–Crippen MR) is 88.3 cm³/mol. The summed E-state index contributed by atoms with van der Waals surface area (Å²) >= 11 is 0. The number of aliphatic hydroxyl groups is 1. The van der Waals surface area contributed by atoms with Crippen molar-refractivity contribution in [2.75, 3.05) is 7.11 Å². The van der Waals surface area contributed by atoms with Gasteiger partial charge in [0, 0.05) is 23.8 Å². The molecule has 2 aromatic rings. The predicted octanol–water partition coefficient (Wildman–Crippen LogP) is 3.18. The van der Waals surface area contributed by atoms with Crippen LogP contribution in [0.5, 0.6) is 5.75 Å². The molecule has 0 unspecified atom stereocenters. The van der Waals surface area contributed by atoms with Gasteiger partial charge in [0.15, 0.2) is 0 Å². The van der Waals surface area contributed by atoms with Crippen LogP contribution in [-0.2, 0) is 0 Å². The minimum atomic E-state index is -0.758. The molecular formula is C17H20ClFN2O2. The molecule has 1 saturated heterocycles. The third kappa shape index (κ3) is 3.99. The number of hydrogen-bond donors (Lipinski definition) is 2. The average Bonchev–Trinajstić information content (AvgIpc) is 3.04. The Hall–Kier alpha value is -1.69. The van der Waals surface area contributed by atoms with Crippen LogP contribution < -0.4 is 10.1 Å². The summed E-state index contributed by atoms with van der Waals surface area (Å²) in [6, 6.07) is 9.32. The monoisotopic (exact) mass is 338 g/mol. The van der Waals surface area contributed by atoms with Crippen LogP contribution in [0.4, 0.5) is 4.39 Å². The molecule has 23 heavy (non-hydrogen) atoms. The van der Waals surface area contributed by atoms with Crippen molar-refractivity contribution in [2.24, 2.45) is 0 Å². The molecule has 4 nitrogen and oxygen atoms in total. The van der Waals surface area contributed by atoms with Crippen LogP contribution >= 0.6 is 12.4 Å². The lowest BCUT2D eigenvalue weighted by atomic mass is 10.0. The van der Waals surface area contributed by atoms with Gasteiger partial charge in [0.1, 0.15) is 11.6 Å². The van der Waals surface area contributed by atoms with Gasteiger partial charge in [0.2, 0.25) is 0 Å². The molecule has 1 aliphatic rings. The second-order valence-electron chi connectivity index (χ2n) is 5.56. The van der Waals surface area contributed by atoms with Crippen LogP contribution in [-0.4, -0.2) is 23.2 Å². The largest absolute Gasteiger partial charge is 0.497 e. The number of methoxy groups -OCH3 is 1. The van der Waals surface area contributed by atoms with Gasteiger partial charge in [-0.15, -0.1) is 12.4 Å². The summed E-state index contributed by atoms with van der Waals surface area (Å²) in [6.07, 6.45) is 3.64. The van der Waals surface area contributed by atoms with Gasteiger partial charge in [-0.25, -0.2) is 4.39 Å². The molecule has 0 bridgehead atoms. The first kappa shape index (κ1) is 17.7. The third-order valence-electron chi connectivity index (χ3n) is 4.15. The Morgan fingerprint density at radius 2 is 2.00 bits per heavy atom. The first-order valence-electron chi connectivity index (χ1n) is 7.36. The second-order valence-corrected chi connectivity index (χ2v) is 5.56. The summed E-state index contributed by atoms with van der Waals surface area (Å²) < 4.78 is 18.4. The van der Waals surface area contributed by atoms with Crippen molar-refractivity contribution in [1.29, 1.82) is 0 Å². The molecule has 0 saturated carbocycles. The highest BCUT2D eigenvalue weighted by Gasteiger charge is 2.31. The van der Waals surface area contributed by atoms with Crippen molar-refractivity contribution in [1.82, 2.24) is 10.3 Å². The highest BCUT2D eigenvalue weighted by molar-refractivity contribution is 5.85. The van der Waals surface area contributed by atoms with Crippen LogP contribution in [0.1, 0.15) is 36.1 Å². The Morgan fingerprint density at radius 3 is 2.65 bits per heavy atom. The van der Waals surface area contributed by atoms with Crippen molar-refractivity contribution < 1.29 is 14.2 Å². The number of ether oxygens (including phenoxy) is 1. The molecule has 3 rings (SSSR count). The van der Waals surface area contributed by atoms with Crippen molar-refractivity contribution >= 4 is 12.4 Å². The van der Waals surface area contributed by atoms with Crippen LogP contribution in [0, 0.1) is 5.82 Å². The van der Waals surface area contributed by atoms with Gasteiger partial charge < -0.3 is 15.2 Å². The van der Waals surface area contributed by atoms with E-state index in [2.05, 4.69) is 10.3 Å². The molecule has 2 heterocycles. The summed E-state index contributed by atoms with van der Waals surface area (Å²) in [5.41, 5.74) is 1.67. The maximum absolute atomic E-state index is 13.2. The maximum atomic E-state index is 13.2. The molecule has 3 atom stereocenters. The Bertz CT molecular complexity index is 639. The van der Waals surface area contributed by atoms with E-state index in [4.69, 9.17) is 4.74 Å². The number of halogens is 2. The smallest absolute Gasteiger partial charge is 0.141 e. The number of rotatable bonds is 4. The normalized spacial score (nSPS) is 21.5. The molecule has 1 fully saturated rings. The van der Waals surface area contributed by atoms with E-state index in [-0.39, 0.29) is 24.5 Å².